The number of rotatable bonds is 2. The van der Waals surface area contributed by atoms with Crippen molar-refractivity contribution in [3.05, 3.63) is 51.7 Å². The van der Waals surface area contributed by atoms with Crippen LogP contribution >= 0.6 is 34.3 Å². The van der Waals surface area contributed by atoms with Crippen LogP contribution in [0.25, 0.3) is 27.3 Å². The van der Waals surface area contributed by atoms with Crippen LogP contribution in [0.15, 0.2) is 35.8 Å². The number of benzene rings is 1. The summed E-state index contributed by atoms with van der Waals surface area (Å²) in [6.07, 6.45) is 5.92. The highest BCUT2D eigenvalue weighted by atomic mass is 35.5. The average Bonchev–Trinajstić information content (AvgIpc) is 3.10. The van der Waals surface area contributed by atoms with E-state index in [2.05, 4.69) is 16.0 Å². The summed E-state index contributed by atoms with van der Waals surface area (Å²) < 4.78 is 3.17. The van der Waals surface area contributed by atoms with E-state index < -0.39 is 0 Å². The van der Waals surface area contributed by atoms with Gasteiger partial charge in [-0.25, -0.2) is 9.97 Å². The van der Waals surface area contributed by atoms with Gasteiger partial charge in [-0.1, -0.05) is 23.7 Å². The van der Waals surface area contributed by atoms with Gasteiger partial charge < -0.3 is 0 Å². The summed E-state index contributed by atoms with van der Waals surface area (Å²) in [5.41, 5.74) is 1.92. The summed E-state index contributed by atoms with van der Waals surface area (Å²) in [7, 11) is 0. The Kier molecular flexibility index (Phi) is 2.84. The van der Waals surface area contributed by atoms with Crippen molar-refractivity contribution in [2.75, 3.05) is 0 Å². The van der Waals surface area contributed by atoms with Gasteiger partial charge in [0.25, 0.3) is 0 Å². The minimum absolute atomic E-state index is 0.522. The smallest absolute Gasteiger partial charge is 0.195 e. The molecule has 3 nitrogen and oxygen atoms in total. The average molecular weight is 318 g/mol. The standard InChI is InChI=1S/C14H8ClN3S2/c15-13-10(18-7-8-19-14(18)17-13)5-6-12-16-9-3-1-2-4-11(9)20-12/h1-8H. The van der Waals surface area contributed by atoms with Crippen molar-refractivity contribution in [3.63, 3.8) is 0 Å². The van der Waals surface area contributed by atoms with Crippen molar-refractivity contribution in [1.29, 1.82) is 0 Å². The zero-order valence-electron chi connectivity index (χ0n) is 10.2. The molecule has 0 spiro atoms. The minimum Gasteiger partial charge on any atom is -0.289 e. The Morgan fingerprint density at radius 1 is 1.15 bits per heavy atom. The lowest BCUT2D eigenvalue weighted by Crippen LogP contribution is -1.80. The molecule has 98 valence electrons. The van der Waals surface area contributed by atoms with Gasteiger partial charge in [0, 0.05) is 11.6 Å². The molecule has 0 saturated heterocycles. The number of imidazole rings is 1. The second kappa shape index (κ2) is 4.70. The molecule has 3 heterocycles. The third-order valence-electron chi connectivity index (χ3n) is 2.95. The Morgan fingerprint density at radius 3 is 2.95 bits per heavy atom. The molecule has 0 aliphatic carbocycles. The number of halogens is 1. The number of fused-ring (bicyclic) bond motifs is 2. The molecule has 0 atom stereocenters. The van der Waals surface area contributed by atoms with E-state index in [4.69, 9.17) is 11.6 Å². The van der Waals surface area contributed by atoms with Crippen molar-refractivity contribution < 1.29 is 0 Å². The summed E-state index contributed by atoms with van der Waals surface area (Å²) in [6.45, 7) is 0. The molecule has 0 saturated carbocycles. The zero-order valence-corrected chi connectivity index (χ0v) is 12.5. The van der Waals surface area contributed by atoms with Crippen LogP contribution in [0.4, 0.5) is 0 Å². The molecule has 0 aliphatic rings. The number of hydrogen-bond donors (Lipinski definition) is 0. The third-order valence-corrected chi connectivity index (χ3v) is 4.98. The Balaban J connectivity index is 1.77. The molecule has 0 bridgehead atoms. The zero-order chi connectivity index (χ0) is 13.5. The second-order valence-corrected chi connectivity index (χ2v) is 6.49. The third kappa shape index (κ3) is 1.95. The lowest BCUT2D eigenvalue weighted by molar-refractivity contribution is 1.21. The molecule has 6 heteroatoms. The Hall–Kier alpha value is -1.69. The van der Waals surface area contributed by atoms with Gasteiger partial charge in [0.1, 0.15) is 5.01 Å². The van der Waals surface area contributed by atoms with Gasteiger partial charge in [-0.15, -0.1) is 22.7 Å². The van der Waals surface area contributed by atoms with Crippen LogP contribution in [0, 0.1) is 0 Å². The van der Waals surface area contributed by atoms with Crippen molar-refractivity contribution >= 4 is 61.6 Å². The number of aromatic nitrogens is 3. The van der Waals surface area contributed by atoms with Crippen molar-refractivity contribution in [3.8, 4) is 0 Å². The summed E-state index contributed by atoms with van der Waals surface area (Å²) >= 11 is 9.39. The molecule has 4 aromatic rings. The first-order valence-electron chi connectivity index (χ1n) is 5.96. The molecule has 0 aliphatic heterocycles. The maximum atomic E-state index is 6.16. The maximum absolute atomic E-state index is 6.16. The van der Waals surface area contributed by atoms with Crippen LogP contribution in [-0.2, 0) is 0 Å². The first-order valence-corrected chi connectivity index (χ1v) is 8.03. The predicted molar refractivity (Wildman–Crippen MR) is 86.6 cm³/mol. The fraction of sp³-hybridized carbons (Fsp3) is 0. The highest BCUT2D eigenvalue weighted by molar-refractivity contribution is 7.19. The van der Waals surface area contributed by atoms with E-state index in [1.54, 1.807) is 22.7 Å². The molecule has 20 heavy (non-hydrogen) atoms. The van der Waals surface area contributed by atoms with Crippen molar-refractivity contribution in [1.82, 2.24) is 14.4 Å². The molecule has 0 radical (unpaired) electrons. The number of para-hydroxylation sites is 1. The van der Waals surface area contributed by atoms with E-state index in [1.165, 1.54) is 4.70 Å². The van der Waals surface area contributed by atoms with E-state index in [0.717, 1.165) is 21.2 Å². The van der Waals surface area contributed by atoms with Crippen LogP contribution in [0.3, 0.4) is 0 Å². The largest absolute Gasteiger partial charge is 0.289 e. The van der Waals surface area contributed by atoms with E-state index in [-0.39, 0.29) is 0 Å². The van der Waals surface area contributed by atoms with E-state index in [0.29, 0.717) is 5.15 Å². The first-order chi connectivity index (χ1) is 9.81. The van der Waals surface area contributed by atoms with Gasteiger partial charge in [-0.2, -0.15) is 0 Å². The first kappa shape index (κ1) is 12.1. The summed E-state index contributed by atoms with van der Waals surface area (Å²) in [5.74, 6) is 0. The topological polar surface area (TPSA) is 30.2 Å². The van der Waals surface area contributed by atoms with Gasteiger partial charge in [0.2, 0.25) is 0 Å². The molecule has 0 unspecified atom stereocenters. The van der Waals surface area contributed by atoms with Crippen LogP contribution in [0.1, 0.15) is 10.7 Å². The number of thiazole rings is 2. The lowest BCUT2D eigenvalue weighted by atomic mass is 10.3. The molecule has 0 amide bonds. The van der Waals surface area contributed by atoms with Gasteiger partial charge in [-0.3, -0.25) is 4.40 Å². The summed E-state index contributed by atoms with van der Waals surface area (Å²) in [4.78, 5) is 9.78. The number of nitrogens with zero attached hydrogens (tertiary/aromatic N) is 3. The Bertz CT molecular complexity index is 899. The molecule has 4 rings (SSSR count). The van der Waals surface area contributed by atoms with E-state index in [1.807, 2.05) is 46.3 Å². The molecule has 3 aromatic heterocycles. The predicted octanol–water partition coefficient (Wildman–Crippen LogP) is 4.83. The van der Waals surface area contributed by atoms with Gasteiger partial charge in [-0.05, 0) is 24.3 Å². The summed E-state index contributed by atoms with van der Waals surface area (Å²) in [6, 6.07) is 8.12. The van der Waals surface area contributed by atoms with Crippen molar-refractivity contribution in [2.45, 2.75) is 0 Å². The minimum atomic E-state index is 0.522. The lowest BCUT2D eigenvalue weighted by Gasteiger charge is -1.90. The molecule has 1 aromatic carbocycles. The monoisotopic (exact) mass is 317 g/mol. The SMILES string of the molecule is Clc1nc2sccn2c1C=Cc1nc2ccccc2s1. The van der Waals surface area contributed by atoms with E-state index in [9.17, 15) is 0 Å². The summed E-state index contributed by atoms with van der Waals surface area (Å²) in [5, 5.41) is 3.48. The van der Waals surface area contributed by atoms with Crippen LogP contribution in [0.5, 0.6) is 0 Å². The second-order valence-electron chi connectivity index (χ2n) is 4.20. The van der Waals surface area contributed by atoms with Crippen LogP contribution < -0.4 is 0 Å². The normalized spacial score (nSPS) is 12.1. The maximum Gasteiger partial charge on any atom is 0.195 e. The highest BCUT2D eigenvalue weighted by Crippen LogP contribution is 2.26. The van der Waals surface area contributed by atoms with Crippen LogP contribution in [-0.4, -0.2) is 14.4 Å². The molecule has 0 N–H and O–H groups in total. The number of hydrogen-bond acceptors (Lipinski definition) is 4. The molecular formula is C14H8ClN3S2. The van der Waals surface area contributed by atoms with E-state index >= 15 is 0 Å². The van der Waals surface area contributed by atoms with Gasteiger partial charge in [0.05, 0.1) is 15.9 Å². The Labute approximate surface area is 127 Å². The molecular weight excluding hydrogens is 310 g/mol. The fourth-order valence-corrected chi connectivity index (χ4v) is 3.91. The van der Waals surface area contributed by atoms with Gasteiger partial charge >= 0.3 is 0 Å². The fourth-order valence-electron chi connectivity index (χ4n) is 2.04. The molecule has 0 fully saturated rings. The van der Waals surface area contributed by atoms with Gasteiger partial charge in [0.15, 0.2) is 10.1 Å². The quantitative estimate of drug-likeness (QED) is 0.530. The van der Waals surface area contributed by atoms with Crippen LogP contribution in [0.2, 0.25) is 5.15 Å². The van der Waals surface area contributed by atoms with Crippen molar-refractivity contribution in [2.24, 2.45) is 0 Å². The Morgan fingerprint density at radius 2 is 2.05 bits per heavy atom. The highest BCUT2D eigenvalue weighted by Gasteiger charge is 2.08.